The summed E-state index contributed by atoms with van der Waals surface area (Å²) in [6.45, 7) is 17.5. The molecule has 0 radical (unpaired) electrons. The number of nitrogens with one attached hydrogen (secondary N) is 1. The molecule has 1 aliphatic heterocycles. The van der Waals surface area contributed by atoms with Crippen LogP contribution in [0.2, 0.25) is 0 Å². The molecule has 2 aromatic rings. The zero-order chi connectivity index (χ0) is 18.2. The van der Waals surface area contributed by atoms with Crippen molar-refractivity contribution in [1.29, 1.82) is 0 Å². The number of rotatable bonds is 4. The standard InChI is InChI=1S/C22H30N2S/c1-15-11-19(24-9-7-18-8-10-25-20(18)14-24)12-16(2)21(15)23-17(3)13-22(4,5)6/h8,10-12,23H,3,7,9,13-14H2,1-2,4-6H3. The van der Waals surface area contributed by atoms with Gasteiger partial charge in [0, 0.05) is 28.5 Å². The Labute approximate surface area is 156 Å². The Morgan fingerprint density at radius 3 is 2.56 bits per heavy atom. The van der Waals surface area contributed by atoms with Crippen LogP contribution in [0.3, 0.4) is 0 Å². The van der Waals surface area contributed by atoms with Crippen molar-refractivity contribution < 1.29 is 0 Å². The molecular weight excluding hydrogens is 324 g/mol. The van der Waals surface area contributed by atoms with Crippen LogP contribution in [0.5, 0.6) is 0 Å². The molecule has 0 saturated carbocycles. The second-order valence-corrected chi connectivity index (χ2v) is 9.46. The van der Waals surface area contributed by atoms with Gasteiger partial charge in [-0.1, -0.05) is 27.4 Å². The SMILES string of the molecule is C=C(CC(C)(C)C)Nc1c(C)cc(N2CCc3ccsc3C2)cc1C. The van der Waals surface area contributed by atoms with Crippen LogP contribution in [0.1, 0.15) is 48.8 Å². The first kappa shape index (κ1) is 18.1. The van der Waals surface area contributed by atoms with Gasteiger partial charge >= 0.3 is 0 Å². The van der Waals surface area contributed by atoms with Crippen molar-refractivity contribution in [3.05, 3.63) is 57.4 Å². The number of allylic oxidation sites excluding steroid dienone is 1. The number of aryl methyl sites for hydroxylation is 2. The predicted molar refractivity (Wildman–Crippen MR) is 112 cm³/mol. The lowest BCUT2D eigenvalue weighted by Crippen LogP contribution is -2.29. The van der Waals surface area contributed by atoms with E-state index in [0.717, 1.165) is 31.6 Å². The molecule has 134 valence electrons. The molecule has 3 rings (SSSR count). The van der Waals surface area contributed by atoms with Crippen LogP contribution in [0.25, 0.3) is 0 Å². The number of hydrogen-bond acceptors (Lipinski definition) is 3. The molecule has 3 heteroatoms. The van der Waals surface area contributed by atoms with Crippen LogP contribution in [-0.2, 0) is 13.0 Å². The van der Waals surface area contributed by atoms with Gasteiger partial charge in [0.2, 0.25) is 0 Å². The lowest BCUT2D eigenvalue weighted by atomic mass is 9.90. The molecule has 0 atom stereocenters. The van der Waals surface area contributed by atoms with Crippen LogP contribution in [-0.4, -0.2) is 6.54 Å². The Balaban J connectivity index is 1.78. The quantitative estimate of drug-likeness (QED) is 0.694. The van der Waals surface area contributed by atoms with Crippen LogP contribution in [0.4, 0.5) is 11.4 Å². The van der Waals surface area contributed by atoms with Gasteiger partial charge in [0.05, 0.1) is 6.54 Å². The van der Waals surface area contributed by atoms with E-state index in [9.17, 15) is 0 Å². The van der Waals surface area contributed by atoms with Crippen molar-refractivity contribution in [3.63, 3.8) is 0 Å². The maximum atomic E-state index is 4.23. The smallest absolute Gasteiger partial charge is 0.0525 e. The van der Waals surface area contributed by atoms with Gasteiger partial charge in [-0.25, -0.2) is 0 Å². The Kier molecular flexibility index (Phi) is 4.97. The lowest BCUT2D eigenvalue weighted by Gasteiger charge is -2.30. The maximum Gasteiger partial charge on any atom is 0.0525 e. The number of nitrogens with zero attached hydrogens (tertiary/aromatic N) is 1. The fraction of sp³-hybridized carbons (Fsp3) is 0.455. The van der Waals surface area contributed by atoms with Crippen LogP contribution >= 0.6 is 11.3 Å². The summed E-state index contributed by atoms with van der Waals surface area (Å²) in [6.07, 6.45) is 2.13. The van der Waals surface area contributed by atoms with E-state index in [1.165, 1.54) is 32.9 Å². The van der Waals surface area contributed by atoms with Crippen molar-refractivity contribution in [2.24, 2.45) is 5.41 Å². The molecule has 0 unspecified atom stereocenters. The highest BCUT2D eigenvalue weighted by atomic mass is 32.1. The zero-order valence-electron chi connectivity index (χ0n) is 16.2. The molecule has 1 aromatic heterocycles. The van der Waals surface area contributed by atoms with Crippen molar-refractivity contribution in [2.45, 2.75) is 54.0 Å². The maximum absolute atomic E-state index is 4.23. The minimum Gasteiger partial charge on any atom is -0.366 e. The fourth-order valence-electron chi connectivity index (χ4n) is 3.64. The molecule has 0 aliphatic carbocycles. The average Bonchev–Trinajstić information content (AvgIpc) is 2.96. The summed E-state index contributed by atoms with van der Waals surface area (Å²) in [4.78, 5) is 4.02. The molecule has 0 amide bonds. The van der Waals surface area contributed by atoms with Gasteiger partial charge in [-0.05, 0) is 72.4 Å². The largest absolute Gasteiger partial charge is 0.366 e. The molecule has 2 nitrogen and oxygen atoms in total. The predicted octanol–water partition coefficient (Wildman–Crippen LogP) is 6.29. The Morgan fingerprint density at radius 1 is 1.24 bits per heavy atom. The van der Waals surface area contributed by atoms with Crippen LogP contribution in [0.15, 0.2) is 35.9 Å². The number of benzene rings is 1. The van der Waals surface area contributed by atoms with E-state index in [1.54, 1.807) is 0 Å². The zero-order valence-corrected chi connectivity index (χ0v) is 17.0. The Hall–Kier alpha value is -1.74. The minimum atomic E-state index is 0.248. The number of anilines is 2. The van der Waals surface area contributed by atoms with E-state index in [-0.39, 0.29) is 5.41 Å². The molecule has 1 aromatic carbocycles. The molecule has 0 fully saturated rings. The Bertz CT molecular complexity index is 757. The molecule has 2 heterocycles. The number of hydrogen-bond donors (Lipinski definition) is 1. The first-order chi connectivity index (χ1) is 11.7. The highest BCUT2D eigenvalue weighted by molar-refractivity contribution is 7.10. The molecule has 1 N–H and O–H groups in total. The third kappa shape index (κ3) is 4.27. The Morgan fingerprint density at radius 2 is 1.92 bits per heavy atom. The van der Waals surface area contributed by atoms with E-state index in [0.29, 0.717) is 0 Å². The summed E-state index contributed by atoms with van der Waals surface area (Å²) in [5.74, 6) is 0. The van der Waals surface area contributed by atoms with Gasteiger partial charge in [0.15, 0.2) is 0 Å². The molecule has 0 spiro atoms. The van der Waals surface area contributed by atoms with Crippen molar-refractivity contribution in [2.75, 3.05) is 16.8 Å². The van der Waals surface area contributed by atoms with Gasteiger partial charge in [0.25, 0.3) is 0 Å². The summed E-state index contributed by atoms with van der Waals surface area (Å²) in [7, 11) is 0. The fourth-order valence-corrected chi connectivity index (χ4v) is 4.59. The summed E-state index contributed by atoms with van der Waals surface area (Å²) in [6, 6.07) is 6.91. The van der Waals surface area contributed by atoms with E-state index < -0.39 is 0 Å². The summed E-state index contributed by atoms with van der Waals surface area (Å²) in [5, 5.41) is 5.79. The first-order valence-electron chi connectivity index (χ1n) is 9.09. The molecular formula is C22H30N2S. The van der Waals surface area contributed by atoms with E-state index in [1.807, 2.05) is 11.3 Å². The van der Waals surface area contributed by atoms with Crippen LogP contribution in [0, 0.1) is 19.3 Å². The number of fused-ring (bicyclic) bond motifs is 1. The summed E-state index contributed by atoms with van der Waals surface area (Å²) in [5.41, 5.74) is 8.01. The first-order valence-corrected chi connectivity index (χ1v) is 9.97. The second kappa shape index (κ2) is 6.87. The van der Waals surface area contributed by atoms with Gasteiger partial charge in [0.1, 0.15) is 0 Å². The summed E-state index contributed by atoms with van der Waals surface area (Å²) >= 11 is 1.88. The molecule has 25 heavy (non-hydrogen) atoms. The second-order valence-electron chi connectivity index (χ2n) is 8.46. The normalized spacial score (nSPS) is 14.4. The van der Waals surface area contributed by atoms with Crippen LogP contribution < -0.4 is 10.2 Å². The summed E-state index contributed by atoms with van der Waals surface area (Å²) < 4.78 is 0. The third-order valence-electron chi connectivity index (χ3n) is 4.75. The number of thiophene rings is 1. The van der Waals surface area contributed by atoms with Gasteiger partial charge in [-0.2, -0.15) is 0 Å². The average molecular weight is 355 g/mol. The third-order valence-corrected chi connectivity index (χ3v) is 5.70. The van der Waals surface area contributed by atoms with E-state index in [4.69, 9.17) is 0 Å². The topological polar surface area (TPSA) is 15.3 Å². The monoisotopic (exact) mass is 354 g/mol. The lowest BCUT2D eigenvalue weighted by molar-refractivity contribution is 0.411. The van der Waals surface area contributed by atoms with Crippen molar-refractivity contribution >= 4 is 22.7 Å². The van der Waals surface area contributed by atoms with Gasteiger partial charge < -0.3 is 10.2 Å². The molecule has 0 bridgehead atoms. The van der Waals surface area contributed by atoms with Gasteiger partial charge in [-0.3, -0.25) is 0 Å². The molecule has 1 aliphatic rings. The van der Waals surface area contributed by atoms with E-state index in [2.05, 4.69) is 75.0 Å². The highest BCUT2D eigenvalue weighted by Crippen LogP contribution is 2.33. The highest BCUT2D eigenvalue weighted by Gasteiger charge is 2.19. The molecule has 0 saturated heterocycles. The minimum absolute atomic E-state index is 0.248. The van der Waals surface area contributed by atoms with Crippen molar-refractivity contribution in [1.82, 2.24) is 0 Å². The van der Waals surface area contributed by atoms with Crippen molar-refractivity contribution in [3.8, 4) is 0 Å². The van der Waals surface area contributed by atoms with Gasteiger partial charge in [-0.15, -0.1) is 11.3 Å². The van der Waals surface area contributed by atoms with E-state index >= 15 is 0 Å².